The SMILES string of the molecule is C[NH+](CC(=O)NCc1ccccc1F)Cc1ccc(Cl)s1. The Morgan fingerprint density at radius 2 is 2.10 bits per heavy atom. The van der Waals surface area contributed by atoms with Gasteiger partial charge in [0.05, 0.1) is 16.3 Å². The van der Waals surface area contributed by atoms with Gasteiger partial charge >= 0.3 is 0 Å². The number of carbonyl (C=O) groups is 1. The standard InChI is InChI=1S/C15H16ClFN2OS/c1-19(9-12-6-7-14(16)21-12)10-15(20)18-8-11-4-2-3-5-13(11)17/h2-7H,8-10H2,1H3,(H,18,20)/p+1. The molecule has 0 fully saturated rings. The minimum Gasteiger partial charge on any atom is -0.347 e. The van der Waals surface area contributed by atoms with Crippen LogP contribution in [0.4, 0.5) is 4.39 Å². The van der Waals surface area contributed by atoms with Gasteiger partial charge in [-0.15, -0.1) is 11.3 Å². The van der Waals surface area contributed by atoms with Crippen molar-refractivity contribution in [1.29, 1.82) is 0 Å². The molecule has 6 heteroatoms. The van der Waals surface area contributed by atoms with Gasteiger partial charge in [-0.2, -0.15) is 0 Å². The Labute approximate surface area is 132 Å². The number of nitrogens with one attached hydrogen (secondary N) is 2. The molecule has 1 atom stereocenters. The van der Waals surface area contributed by atoms with Crippen LogP contribution in [0.1, 0.15) is 10.4 Å². The summed E-state index contributed by atoms with van der Waals surface area (Å²) in [6, 6.07) is 10.3. The van der Waals surface area contributed by atoms with Crippen LogP contribution < -0.4 is 10.2 Å². The molecule has 112 valence electrons. The van der Waals surface area contributed by atoms with E-state index in [1.54, 1.807) is 18.2 Å². The van der Waals surface area contributed by atoms with Gasteiger partial charge in [-0.3, -0.25) is 4.79 Å². The summed E-state index contributed by atoms with van der Waals surface area (Å²) >= 11 is 7.40. The molecule has 1 heterocycles. The highest BCUT2D eigenvalue weighted by Crippen LogP contribution is 2.20. The lowest BCUT2D eigenvalue weighted by Crippen LogP contribution is -3.08. The van der Waals surface area contributed by atoms with Gasteiger partial charge in [0.2, 0.25) is 0 Å². The molecule has 1 aromatic carbocycles. The van der Waals surface area contributed by atoms with Crippen molar-refractivity contribution in [1.82, 2.24) is 5.32 Å². The maximum Gasteiger partial charge on any atom is 0.275 e. The Morgan fingerprint density at radius 1 is 1.33 bits per heavy atom. The third-order valence-electron chi connectivity index (χ3n) is 3.00. The van der Waals surface area contributed by atoms with Crippen LogP contribution in [0, 0.1) is 5.82 Å². The number of hydrogen-bond donors (Lipinski definition) is 2. The molecule has 0 bridgehead atoms. The number of carbonyl (C=O) groups excluding carboxylic acids is 1. The quantitative estimate of drug-likeness (QED) is 0.834. The van der Waals surface area contributed by atoms with Crippen molar-refractivity contribution in [3.8, 4) is 0 Å². The lowest BCUT2D eigenvalue weighted by atomic mass is 10.2. The third-order valence-corrected chi connectivity index (χ3v) is 4.23. The molecule has 21 heavy (non-hydrogen) atoms. The first-order valence-corrected chi connectivity index (χ1v) is 7.79. The van der Waals surface area contributed by atoms with E-state index in [-0.39, 0.29) is 18.3 Å². The van der Waals surface area contributed by atoms with Crippen molar-refractivity contribution in [3.63, 3.8) is 0 Å². The fourth-order valence-corrected chi connectivity index (χ4v) is 3.18. The van der Waals surface area contributed by atoms with Crippen molar-refractivity contribution in [3.05, 3.63) is 57.0 Å². The summed E-state index contributed by atoms with van der Waals surface area (Å²) in [7, 11) is 1.94. The molecule has 0 saturated carbocycles. The first kappa shape index (κ1) is 15.9. The normalized spacial score (nSPS) is 12.1. The molecule has 3 nitrogen and oxygen atoms in total. The van der Waals surface area contributed by atoms with Crippen LogP contribution in [0.25, 0.3) is 0 Å². The third kappa shape index (κ3) is 5.12. The smallest absolute Gasteiger partial charge is 0.275 e. The van der Waals surface area contributed by atoms with Crippen molar-refractivity contribution < 1.29 is 14.1 Å². The van der Waals surface area contributed by atoms with Gasteiger partial charge in [-0.25, -0.2) is 4.39 Å². The molecule has 1 aromatic heterocycles. The van der Waals surface area contributed by atoms with Gasteiger partial charge in [-0.1, -0.05) is 29.8 Å². The Morgan fingerprint density at radius 3 is 2.76 bits per heavy atom. The fraction of sp³-hybridized carbons (Fsp3) is 0.267. The van der Waals surface area contributed by atoms with E-state index in [4.69, 9.17) is 11.6 Å². The Kier molecular flexibility index (Phi) is 5.73. The number of rotatable bonds is 6. The zero-order valence-electron chi connectivity index (χ0n) is 11.7. The van der Waals surface area contributed by atoms with Crippen LogP contribution in [-0.2, 0) is 17.9 Å². The first-order chi connectivity index (χ1) is 10.0. The van der Waals surface area contributed by atoms with Crippen LogP contribution in [0.3, 0.4) is 0 Å². The van der Waals surface area contributed by atoms with Crippen LogP contribution in [0.2, 0.25) is 4.34 Å². The van der Waals surface area contributed by atoms with Gasteiger partial charge in [0.1, 0.15) is 12.4 Å². The van der Waals surface area contributed by atoms with Crippen molar-refractivity contribution in [2.75, 3.05) is 13.6 Å². The summed E-state index contributed by atoms with van der Waals surface area (Å²) in [5, 5.41) is 2.74. The summed E-state index contributed by atoms with van der Waals surface area (Å²) in [5.41, 5.74) is 0.494. The predicted molar refractivity (Wildman–Crippen MR) is 83.0 cm³/mol. The van der Waals surface area contributed by atoms with Crippen LogP contribution in [-0.4, -0.2) is 19.5 Å². The summed E-state index contributed by atoms with van der Waals surface area (Å²) in [6.07, 6.45) is 0. The topological polar surface area (TPSA) is 33.5 Å². The summed E-state index contributed by atoms with van der Waals surface area (Å²) in [5.74, 6) is -0.398. The van der Waals surface area contributed by atoms with Gasteiger partial charge in [0, 0.05) is 12.1 Å². The van der Waals surface area contributed by atoms with Crippen LogP contribution >= 0.6 is 22.9 Å². The second-order valence-corrected chi connectivity index (χ2v) is 6.68. The average Bonchev–Trinajstić information content (AvgIpc) is 2.83. The number of benzene rings is 1. The minimum atomic E-state index is -0.299. The molecule has 0 saturated heterocycles. The molecule has 0 radical (unpaired) electrons. The van der Waals surface area contributed by atoms with Gasteiger partial charge in [0.25, 0.3) is 5.91 Å². The lowest BCUT2D eigenvalue weighted by Gasteiger charge is -2.13. The Balaban J connectivity index is 1.77. The number of halogens is 2. The molecule has 0 aliphatic carbocycles. The Bertz CT molecular complexity index is 617. The minimum absolute atomic E-state index is 0.0987. The second kappa shape index (κ2) is 7.54. The highest BCUT2D eigenvalue weighted by molar-refractivity contribution is 7.16. The molecule has 2 N–H and O–H groups in total. The van der Waals surface area contributed by atoms with E-state index in [1.807, 2.05) is 19.2 Å². The number of amides is 1. The van der Waals surface area contributed by atoms with Crippen LogP contribution in [0.15, 0.2) is 36.4 Å². The largest absolute Gasteiger partial charge is 0.347 e. The monoisotopic (exact) mass is 327 g/mol. The molecule has 0 spiro atoms. The first-order valence-electron chi connectivity index (χ1n) is 6.60. The molecule has 2 rings (SSSR count). The van der Waals surface area contributed by atoms with Crippen molar-refractivity contribution >= 4 is 28.8 Å². The summed E-state index contributed by atoms with van der Waals surface area (Å²) in [4.78, 5) is 14.0. The molecular weight excluding hydrogens is 311 g/mol. The fourth-order valence-electron chi connectivity index (χ4n) is 1.98. The average molecular weight is 328 g/mol. The van der Waals surface area contributed by atoms with Crippen molar-refractivity contribution in [2.45, 2.75) is 13.1 Å². The number of hydrogen-bond acceptors (Lipinski definition) is 2. The van der Waals surface area contributed by atoms with E-state index in [1.165, 1.54) is 17.4 Å². The van der Waals surface area contributed by atoms with Gasteiger partial charge in [0.15, 0.2) is 6.54 Å². The maximum absolute atomic E-state index is 13.4. The molecule has 2 aromatic rings. The molecular formula is C15H17ClFN2OS+. The molecule has 1 amide bonds. The van der Waals surface area contributed by atoms with Crippen LogP contribution in [0.5, 0.6) is 0 Å². The highest BCUT2D eigenvalue weighted by Gasteiger charge is 2.12. The number of thiophene rings is 1. The summed E-state index contributed by atoms with van der Waals surface area (Å²) in [6.45, 7) is 1.29. The van der Waals surface area contributed by atoms with Crippen molar-refractivity contribution in [2.24, 2.45) is 0 Å². The molecule has 0 aliphatic rings. The van der Waals surface area contributed by atoms with E-state index in [0.717, 1.165) is 20.7 Å². The van der Waals surface area contributed by atoms with Gasteiger partial charge < -0.3 is 10.2 Å². The molecule has 0 aliphatic heterocycles. The zero-order valence-corrected chi connectivity index (χ0v) is 13.2. The predicted octanol–water partition coefficient (Wildman–Crippen LogP) is 1.87. The lowest BCUT2D eigenvalue weighted by molar-refractivity contribution is -0.885. The zero-order chi connectivity index (χ0) is 15.2. The van der Waals surface area contributed by atoms with E-state index < -0.39 is 0 Å². The van der Waals surface area contributed by atoms with Gasteiger partial charge in [-0.05, 0) is 18.2 Å². The highest BCUT2D eigenvalue weighted by atomic mass is 35.5. The summed E-state index contributed by atoms with van der Waals surface area (Å²) < 4.78 is 14.2. The number of likely N-dealkylation sites (N-methyl/N-ethyl adjacent to an activating group) is 1. The molecule has 1 unspecified atom stereocenters. The second-order valence-electron chi connectivity index (χ2n) is 4.88. The van der Waals surface area contributed by atoms with E-state index in [2.05, 4.69) is 5.32 Å². The van der Waals surface area contributed by atoms with E-state index in [9.17, 15) is 9.18 Å². The van der Waals surface area contributed by atoms with E-state index >= 15 is 0 Å². The van der Waals surface area contributed by atoms with E-state index in [0.29, 0.717) is 12.1 Å². The maximum atomic E-state index is 13.4. The number of quaternary nitrogens is 1. The Hall–Kier alpha value is -1.43.